The number of unbranched alkanes of at least 4 members (excludes halogenated alkanes) is 26. The Morgan fingerprint density at radius 1 is 0.417 bits per heavy atom. The lowest BCUT2D eigenvalue weighted by atomic mass is 10.0. The largest absolute Gasteiger partial charge is 0.481 e. The van der Waals surface area contributed by atoms with Crippen LogP contribution in [0.2, 0.25) is 0 Å². The average Bonchev–Trinajstić information content (AvgIpc) is 2.87. The number of carboxylic acid groups (broad SMARTS) is 1. The summed E-state index contributed by atoms with van der Waals surface area (Å²) in [5.74, 6) is 0.178. The predicted molar refractivity (Wildman–Crippen MR) is 164 cm³/mol. The van der Waals surface area contributed by atoms with Gasteiger partial charge < -0.3 is 5.11 Å². The van der Waals surface area contributed by atoms with Crippen LogP contribution < -0.4 is 0 Å². The van der Waals surface area contributed by atoms with E-state index in [1.807, 2.05) is 0 Å². The van der Waals surface area contributed by atoms with E-state index >= 15 is 0 Å². The first-order valence-corrected chi connectivity index (χ1v) is 17.0. The zero-order chi connectivity index (χ0) is 26.8. The predicted octanol–water partition coefficient (Wildman–Crippen LogP) is 12.6. The summed E-state index contributed by atoms with van der Waals surface area (Å²) in [5.41, 5.74) is 0. The molecule has 0 amide bonds. The van der Waals surface area contributed by atoms with Crippen molar-refractivity contribution < 1.29 is 9.90 Å². The van der Waals surface area contributed by atoms with Gasteiger partial charge in [0.15, 0.2) is 0 Å². The Morgan fingerprint density at radius 2 is 0.639 bits per heavy atom. The maximum absolute atomic E-state index is 10.4. The maximum atomic E-state index is 10.4. The van der Waals surface area contributed by atoms with Crippen molar-refractivity contribution in [1.29, 1.82) is 0 Å². The van der Waals surface area contributed by atoms with Gasteiger partial charge in [-0.25, -0.2) is 0 Å². The zero-order valence-electron chi connectivity index (χ0n) is 24.9. The Morgan fingerprint density at radius 3 is 0.833 bits per heavy atom. The van der Waals surface area contributed by atoms with Gasteiger partial charge in [0.25, 0.3) is 0 Å². The molecule has 0 radical (unpaired) electrons. The lowest BCUT2D eigenvalue weighted by Gasteiger charge is -2.04. The third-order valence-corrected chi connectivity index (χ3v) is 7.50. The summed E-state index contributed by atoms with van der Waals surface area (Å²) in [4.78, 5) is 10.4. The van der Waals surface area contributed by atoms with Gasteiger partial charge in [0, 0.05) is 12.3 Å². The van der Waals surface area contributed by atoms with E-state index in [4.69, 9.17) is 16.7 Å². The Hall–Kier alpha value is -0.240. The Kier molecular flexibility index (Phi) is 38.9. The molecule has 0 aliphatic heterocycles. The number of halogens is 1. The second-order valence-electron chi connectivity index (χ2n) is 11.0. The fraction of sp³-hybridized carbons (Fsp3) is 0.970. The standard InChI is InChI=1S/C28H56O2.C5H11Cl/c1-2-3-4-5-6-7-8-9-10-11-12-13-14-15-16-17-18-19-20-21-22-23-24-25-26-27-28(29)30;1-2-3-4-5-6/h2-27H2,1H3,(H,29,30);2-5H2,1H3. The maximum Gasteiger partial charge on any atom is 0.303 e. The molecule has 2 nitrogen and oxygen atoms in total. The lowest BCUT2D eigenvalue weighted by molar-refractivity contribution is -0.137. The van der Waals surface area contributed by atoms with Crippen LogP contribution in [0.25, 0.3) is 0 Å². The van der Waals surface area contributed by atoms with E-state index in [1.54, 1.807) is 0 Å². The van der Waals surface area contributed by atoms with Crippen molar-refractivity contribution in [2.75, 3.05) is 5.88 Å². The molecule has 0 aliphatic carbocycles. The van der Waals surface area contributed by atoms with Crippen LogP contribution in [0.5, 0.6) is 0 Å². The number of rotatable bonds is 29. The van der Waals surface area contributed by atoms with Gasteiger partial charge in [-0.1, -0.05) is 181 Å². The highest BCUT2D eigenvalue weighted by Gasteiger charge is 1.98. The molecule has 36 heavy (non-hydrogen) atoms. The van der Waals surface area contributed by atoms with Crippen LogP contribution in [0.4, 0.5) is 0 Å². The Balaban J connectivity index is 0. The van der Waals surface area contributed by atoms with Gasteiger partial charge in [0.1, 0.15) is 0 Å². The van der Waals surface area contributed by atoms with Crippen LogP contribution >= 0.6 is 11.6 Å². The normalized spacial score (nSPS) is 10.9. The molecule has 0 atom stereocenters. The second-order valence-corrected chi connectivity index (χ2v) is 11.4. The first-order chi connectivity index (χ1) is 17.7. The van der Waals surface area contributed by atoms with Gasteiger partial charge in [-0.05, 0) is 12.8 Å². The van der Waals surface area contributed by atoms with Crippen molar-refractivity contribution in [3.8, 4) is 0 Å². The summed E-state index contributed by atoms with van der Waals surface area (Å²) in [6.07, 6.45) is 38.7. The third-order valence-electron chi connectivity index (χ3n) is 7.23. The molecule has 0 fully saturated rings. The van der Waals surface area contributed by atoms with E-state index in [2.05, 4.69) is 13.8 Å². The van der Waals surface area contributed by atoms with Crippen LogP contribution in [-0.2, 0) is 4.79 Å². The average molecular weight is 531 g/mol. The van der Waals surface area contributed by atoms with Crippen molar-refractivity contribution in [2.24, 2.45) is 0 Å². The summed E-state index contributed by atoms with van der Waals surface area (Å²) < 4.78 is 0. The van der Waals surface area contributed by atoms with Crippen molar-refractivity contribution in [3.05, 3.63) is 0 Å². The number of carbonyl (C=O) groups is 1. The molecule has 0 spiro atoms. The monoisotopic (exact) mass is 530 g/mol. The fourth-order valence-electron chi connectivity index (χ4n) is 4.76. The van der Waals surface area contributed by atoms with Gasteiger partial charge in [0.05, 0.1) is 0 Å². The van der Waals surface area contributed by atoms with Crippen molar-refractivity contribution in [2.45, 2.75) is 200 Å². The second kappa shape index (κ2) is 36.9. The molecule has 218 valence electrons. The lowest BCUT2D eigenvalue weighted by Crippen LogP contribution is -1.93. The van der Waals surface area contributed by atoms with Crippen molar-refractivity contribution in [1.82, 2.24) is 0 Å². The number of hydrogen-bond donors (Lipinski definition) is 1. The molecular formula is C33H67ClO2. The van der Waals surface area contributed by atoms with Crippen LogP contribution in [-0.4, -0.2) is 17.0 Å². The van der Waals surface area contributed by atoms with Gasteiger partial charge >= 0.3 is 5.97 Å². The summed E-state index contributed by atoms with van der Waals surface area (Å²) in [6.45, 7) is 4.47. The Labute approximate surface area is 233 Å². The van der Waals surface area contributed by atoms with E-state index in [0.29, 0.717) is 6.42 Å². The molecule has 0 aliphatic rings. The number of hydrogen-bond acceptors (Lipinski definition) is 1. The van der Waals surface area contributed by atoms with E-state index < -0.39 is 5.97 Å². The quantitative estimate of drug-likeness (QED) is 0.0770. The molecule has 0 rings (SSSR count). The molecule has 3 heteroatoms. The molecule has 1 N–H and O–H groups in total. The highest BCUT2D eigenvalue weighted by Crippen LogP contribution is 2.15. The SMILES string of the molecule is CCCCCCCCCCCCCCCCCCCCCCCCCCCC(=O)O.CCCCCCl. The summed E-state index contributed by atoms with van der Waals surface area (Å²) in [5, 5.41) is 8.60. The van der Waals surface area contributed by atoms with Crippen LogP contribution in [0.15, 0.2) is 0 Å². The van der Waals surface area contributed by atoms with Crippen LogP contribution in [0.1, 0.15) is 200 Å². The third kappa shape index (κ3) is 40.9. The highest BCUT2D eigenvalue weighted by atomic mass is 35.5. The van der Waals surface area contributed by atoms with Crippen LogP contribution in [0.3, 0.4) is 0 Å². The number of alkyl halides is 1. The van der Waals surface area contributed by atoms with E-state index in [-0.39, 0.29) is 0 Å². The van der Waals surface area contributed by atoms with Gasteiger partial charge in [-0.15, -0.1) is 11.6 Å². The first-order valence-electron chi connectivity index (χ1n) is 16.5. The number of carboxylic acids is 1. The summed E-state index contributed by atoms with van der Waals surface area (Å²) in [7, 11) is 0. The molecule has 0 saturated heterocycles. The minimum atomic E-state index is -0.649. The van der Waals surface area contributed by atoms with Crippen molar-refractivity contribution >= 4 is 17.6 Å². The molecule has 0 bridgehead atoms. The Bertz CT molecular complexity index is 382. The van der Waals surface area contributed by atoms with Gasteiger partial charge in [-0.3, -0.25) is 4.79 Å². The molecule has 0 aromatic carbocycles. The molecular weight excluding hydrogens is 464 g/mol. The van der Waals surface area contributed by atoms with Gasteiger partial charge in [0.2, 0.25) is 0 Å². The van der Waals surface area contributed by atoms with Gasteiger partial charge in [-0.2, -0.15) is 0 Å². The molecule has 0 unspecified atom stereocenters. The molecule has 0 saturated carbocycles. The minimum absolute atomic E-state index is 0.347. The summed E-state index contributed by atoms with van der Waals surface area (Å²) >= 11 is 5.38. The molecule has 0 aromatic rings. The fourth-order valence-corrected chi connectivity index (χ4v) is 4.95. The van der Waals surface area contributed by atoms with Crippen molar-refractivity contribution in [3.63, 3.8) is 0 Å². The minimum Gasteiger partial charge on any atom is -0.481 e. The smallest absolute Gasteiger partial charge is 0.303 e. The van der Waals surface area contributed by atoms with E-state index in [9.17, 15) is 4.79 Å². The zero-order valence-corrected chi connectivity index (χ0v) is 25.7. The van der Waals surface area contributed by atoms with E-state index in [1.165, 1.54) is 167 Å². The summed E-state index contributed by atoms with van der Waals surface area (Å²) in [6, 6.07) is 0. The topological polar surface area (TPSA) is 37.3 Å². The molecule has 0 heterocycles. The highest BCUT2D eigenvalue weighted by molar-refractivity contribution is 6.17. The first kappa shape index (κ1) is 37.9. The van der Waals surface area contributed by atoms with E-state index in [0.717, 1.165) is 18.7 Å². The van der Waals surface area contributed by atoms with Crippen LogP contribution in [0, 0.1) is 0 Å². The molecule has 0 aromatic heterocycles. The number of aliphatic carboxylic acids is 1.